The number of nitrogens with one attached hydrogen (secondary N) is 1. The van der Waals surface area contributed by atoms with Crippen molar-refractivity contribution in [1.82, 2.24) is 15.1 Å². The summed E-state index contributed by atoms with van der Waals surface area (Å²) in [7, 11) is 3.81. The third-order valence-corrected chi connectivity index (χ3v) is 4.66. The molecule has 2 fully saturated rings. The van der Waals surface area contributed by atoms with Crippen molar-refractivity contribution in [2.24, 2.45) is 5.92 Å². The van der Waals surface area contributed by atoms with Crippen LogP contribution in [-0.4, -0.2) is 68.3 Å². The highest BCUT2D eigenvalue weighted by Crippen LogP contribution is 2.31. The molecule has 1 heterocycles. The minimum Gasteiger partial charge on any atom is -0.383 e. The van der Waals surface area contributed by atoms with Gasteiger partial charge in [0, 0.05) is 26.7 Å². The molecule has 20 heavy (non-hydrogen) atoms. The Morgan fingerprint density at radius 1 is 1.35 bits per heavy atom. The molecule has 1 amide bonds. The minimum absolute atomic E-state index is 0.0233. The molecule has 0 radical (unpaired) electrons. The van der Waals surface area contributed by atoms with E-state index in [4.69, 9.17) is 4.74 Å². The normalized spacial score (nSPS) is 28.0. The zero-order valence-corrected chi connectivity index (χ0v) is 13.1. The number of amides is 1. The molecule has 0 aromatic heterocycles. The molecule has 5 heteroatoms. The van der Waals surface area contributed by atoms with Crippen LogP contribution in [0.3, 0.4) is 0 Å². The maximum Gasteiger partial charge on any atom is 0.240 e. The van der Waals surface area contributed by atoms with E-state index in [9.17, 15) is 4.79 Å². The SMILES string of the molecule is COCCN(C)CCN1C(=O)C(C)NC1C1CCCC1. The number of likely N-dealkylation sites (N-methyl/N-ethyl adjacent to an activating group) is 1. The zero-order chi connectivity index (χ0) is 14.5. The van der Waals surface area contributed by atoms with Crippen molar-refractivity contribution in [2.45, 2.75) is 44.8 Å². The van der Waals surface area contributed by atoms with Crippen LogP contribution in [0.15, 0.2) is 0 Å². The van der Waals surface area contributed by atoms with Crippen molar-refractivity contribution in [1.29, 1.82) is 0 Å². The third kappa shape index (κ3) is 3.71. The quantitative estimate of drug-likeness (QED) is 0.754. The van der Waals surface area contributed by atoms with Gasteiger partial charge in [-0.05, 0) is 32.7 Å². The lowest BCUT2D eigenvalue weighted by Gasteiger charge is -2.30. The second-order valence-corrected chi connectivity index (χ2v) is 6.21. The second-order valence-electron chi connectivity index (χ2n) is 6.21. The molecule has 5 nitrogen and oxygen atoms in total. The summed E-state index contributed by atoms with van der Waals surface area (Å²) in [5.41, 5.74) is 0. The highest BCUT2D eigenvalue weighted by molar-refractivity contribution is 5.83. The Morgan fingerprint density at radius 2 is 2.05 bits per heavy atom. The van der Waals surface area contributed by atoms with Crippen molar-refractivity contribution in [2.75, 3.05) is 40.4 Å². The number of carbonyl (C=O) groups excluding carboxylic acids is 1. The predicted octanol–water partition coefficient (Wildman–Crippen LogP) is 0.901. The van der Waals surface area contributed by atoms with Gasteiger partial charge >= 0.3 is 0 Å². The van der Waals surface area contributed by atoms with Crippen molar-refractivity contribution >= 4 is 5.91 Å². The fraction of sp³-hybridized carbons (Fsp3) is 0.933. The van der Waals surface area contributed by atoms with Crippen molar-refractivity contribution < 1.29 is 9.53 Å². The number of carbonyl (C=O) groups is 1. The second kappa shape index (κ2) is 7.38. The Bertz CT molecular complexity index is 318. The summed E-state index contributed by atoms with van der Waals surface area (Å²) in [5.74, 6) is 0.912. The average molecular weight is 283 g/mol. The van der Waals surface area contributed by atoms with Gasteiger partial charge in [-0.2, -0.15) is 0 Å². The molecule has 1 aliphatic carbocycles. The molecule has 1 aliphatic heterocycles. The maximum atomic E-state index is 12.3. The monoisotopic (exact) mass is 283 g/mol. The Balaban J connectivity index is 1.87. The third-order valence-electron chi connectivity index (χ3n) is 4.66. The van der Waals surface area contributed by atoms with Crippen LogP contribution in [0.5, 0.6) is 0 Å². The lowest BCUT2D eigenvalue weighted by Crippen LogP contribution is -2.45. The van der Waals surface area contributed by atoms with E-state index in [1.165, 1.54) is 25.7 Å². The van der Waals surface area contributed by atoms with Crippen LogP contribution in [0, 0.1) is 5.92 Å². The molecule has 1 N–H and O–H groups in total. The maximum absolute atomic E-state index is 12.3. The number of nitrogens with zero attached hydrogens (tertiary/aromatic N) is 2. The Labute approximate surface area is 122 Å². The summed E-state index contributed by atoms with van der Waals surface area (Å²) >= 11 is 0. The topological polar surface area (TPSA) is 44.8 Å². The molecule has 2 aliphatic rings. The number of methoxy groups -OCH3 is 1. The van der Waals surface area contributed by atoms with Gasteiger partial charge in [0.15, 0.2) is 0 Å². The molecule has 1 saturated carbocycles. The van der Waals surface area contributed by atoms with Crippen molar-refractivity contribution in [3.63, 3.8) is 0 Å². The van der Waals surface area contributed by atoms with Crippen LogP contribution < -0.4 is 5.32 Å². The van der Waals surface area contributed by atoms with E-state index in [0.29, 0.717) is 5.92 Å². The highest BCUT2D eigenvalue weighted by atomic mass is 16.5. The smallest absolute Gasteiger partial charge is 0.240 e. The van der Waals surface area contributed by atoms with Crippen LogP contribution in [0.4, 0.5) is 0 Å². The van der Waals surface area contributed by atoms with Crippen LogP contribution in [0.1, 0.15) is 32.6 Å². The van der Waals surface area contributed by atoms with Crippen molar-refractivity contribution in [3.8, 4) is 0 Å². The van der Waals surface area contributed by atoms with E-state index in [1.807, 2.05) is 6.92 Å². The molecule has 2 unspecified atom stereocenters. The number of ether oxygens (including phenoxy) is 1. The largest absolute Gasteiger partial charge is 0.383 e. The first-order valence-electron chi connectivity index (χ1n) is 7.87. The van der Waals surface area contributed by atoms with Crippen molar-refractivity contribution in [3.05, 3.63) is 0 Å². The first kappa shape index (κ1) is 15.7. The minimum atomic E-state index is -0.0233. The number of hydrogen-bond donors (Lipinski definition) is 1. The highest BCUT2D eigenvalue weighted by Gasteiger charge is 2.40. The van der Waals surface area contributed by atoms with E-state index in [0.717, 1.165) is 26.2 Å². The van der Waals surface area contributed by atoms with E-state index in [2.05, 4.69) is 22.2 Å². The molecule has 1 saturated heterocycles. The van der Waals surface area contributed by atoms with Gasteiger partial charge in [0.25, 0.3) is 0 Å². The molecule has 0 spiro atoms. The summed E-state index contributed by atoms with van der Waals surface area (Å²) in [6.07, 6.45) is 5.40. The molecule has 0 aromatic carbocycles. The first-order chi connectivity index (χ1) is 9.63. The first-order valence-corrected chi connectivity index (χ1v) is 7.87. The van der Waals surface area contributed by atoms with Gasteiger partial charge in [0.1, 0.15) is 0 Å². The Morgan fingerprint density at radius 3 is 2.70 bits per heavy atom. The average Bonchev–Trinajstić information content (AvgIpc) is 3.05. The molecule has 0 aromatic rings. The van der Waals surface area contributed by atoms with Gasteiger partial charge in [0.2, 0.25) is 5.91 Å². The Kier molecular flexibility index (Phi) is 5.81. The Hall–Kier alpha value is -0.650. The van der Waals surface area contributed by atoms with Gasteiger partial charge in [0.05, 0.1) is 18.8 Å². The summed E-state index contributed by atoms with van der Waals surface area (Å²) in [6.45, 7) is 5.37. The fourth-order valence-corrected chi connectivity index (χ4v) is 3.35. The van der Waals surface area contributed by atoms with Gasteiger partial charge in [-0.15, -0.1) is 0 Å². The molecule has 116 valence electrons. The van der Waals surface area contributed by atoms with Crippen LogP contribution in [0.2, 0.25) is 0 Å². The van der Waals surface area contributed by atoms with Gasteiger partial charge < -0.3 is 14.5 Å². The number of hydrogen-bond acceptors (Lipinski definition) is 4. The fourth-order valence-electron chi connectivity index (χ4n) is 3.35. The predicted molar refractivity (Wildman–Crippen MR) is 79.4 cm³/mol. The van der Waals surface area contributed by atoms with E-state index in [1.54, 1.807) is 7.11 Å². The lowest BCUT2D eigenvalue weighted by atomic mass is 10.0. The van der Waals surface area contributed by atoms with Crippen LogP contribution >= 0.6 is 0 Å². The molecule has 2 atom stereocenters. The summed E-state index contributed by atoms with van der Waals surface area (Å²) in [4.78, 5) is 16.6. The molecular weight excluding hydrogens is 254 g/mol. The van der Waals surface area contributed by atoms with E-state index in [-0.39, 0.29) is 18.1 Å². The molecule has 0 bridgehead atoms. The molecule has 2 rings (SSSR count). The van der Waals surface area contributed by atoms with Gasteiger partial charge in [-0.3, -0.25) is 10.1 Å². The van der Waals surface area contributed by atoms with Gasteiger partial charge in [-0.25, -0.2) is 0 Å². The van der Waals surface area contributed by atoms with Gasteiger partial charge in [-0.1, -0.05) is 12.8 Å². The summed E-state index contributed by atoms with van der Waals surface area (Å²) in [5, 5.41) is 3.50. The van der Waals surface area contributed by atoms with Crippen LogP contribution in [0.25, 0.3) is 0 Å². The van der Waals surface area contributed by atoms with E-state index >= 15 is 0 Å². The standard InChI is InChI=1S/C15H29N3O2/c1-12-15(19)18(9-8-17(2)10-11-20-3)14(16-12)13-6-4-5-7-13/h12-14,16H,4-11H2,1-3H3. The molecular formula is C15H29N3O2. The lowest BCUT2D eigenvalue weighted by molar-refractivity contribution is -0.130. The summed E-state index contributed by atoms with van der Waals surface area (Å²) < 4.78 is 5.09. The zero-order valence-electron chi connectivity index (χ0n) is 13.1. The summed E-state index contributed by atoms with van der Waals surface area (Å²) in [6, 6.07) is -0.0233. The van der Waals surface area contributed by atoms with Crippen LogP contribution in [-0.2, 0) is 9.53 Å². The number of rotatable bonds is 7. The van der Waals surface area contributed by atoms with E-state index < -0.39 is 0 Å².